The van der Waals surface area contributed by atoms with Crippen LogP contribution in [0.25, 0.3) is 0 Å². The fourth-order valence-electron chi connectivity index (χ4n) is 1.16. The number of hydrogen-bond acceptors (Lipinski definition) is 4. The summed E-state index contributed by atoms with van der Waals surface area (Å²) in [6.07, 6.45) is -0.269. The monoisotopic (exact) mass is 346 g/mol. The second kappa shape index (κ2) is 6.96. The van der Waals surface area contributed by atoms with Gasteiger partial charge >= 0.3 is 6.09 Å². The van der Waals surface area contributed by atoms with Gasteiger partial charge in [-0.3, -0.25) is 0 Å². The maximum atomic E-state index is 11.1. The number of alkyl halides is 1. The van der Waals surface area contributed by atoms with Gasteiger partial charge in [0.2, 0.25) is 0 Å². The number of ether oxygens (including phenoxy) is 2. The van der Waals surface area contributed by atoms with E-state index in [4.69, 9.17) is 14.7 Å². The third-order valence-corrected chi connectivity index (χ3v) is 2.22. The van der Waals surface area contributed by atoms with Gasteiger partial charge in [-0.15, -0.1) is 0 Å². The van der Waals surface area contributed by atoms with Crippen molar-refractivity contribution in [3.8, 4) is 17.6 Å². The van der Waals surface area contributed by atoms with Crippen LogP contribution in [-0.2, 0) is 6.42 Å². The molecule has 0 spiro atoms. The minimum atomic E-state index is -0.559. The Labute approximate surface area is 113 Å². The van der Waals surface area contributed by atoms with Gasteiger partial charge < -0.3 is 14.8 Å². The Bertz CT molecular complexity index is 443. The fraction of sp³-hybridized carbons (Fsp3) is 0.273. The average molecular weight is 346 g/mol. The van der Waals surface area contributed by atoms with Gasteiger partial charge in [-0.05, 0) is 40.3 Å². The van der Waals surface area contributed by atoms with Crippen LogP contribution in [0.1, 0.15) is 5.56 Å². The van der Waals surface area contributed by atoms with Crippen molar-refractivity contribution in [3.63, 3.8) is 0 Å². The summed E-state index contributed by atoms with van der Waals surface area (Å²) in [6.45, 7) is 0. The van der Waals surface area contributed by atoms with E-state index in [0.29, 0.717) is 16.1 Å². The minimum Gasteiger partial charge on any atom is -0.479 e. The first-order chi connectivity index (χ1) is 8.21. The summed E-state index contributed by atoms with van der Waals surface area (Å²) in [6, 6.07) is 7.08. The van der Waals surface area contributed by atoms with Crippen LogP contribution in [-0.4, -0.2) is 17.8 Å². The maximum Gasteiger partial charge on any atom is 0.412 e. The average Bonchev–Trinajstić information content (AvgIpc) is 2.33. The lowest BCUT2D eigenvalue weighted by Gasteiger charge is -2.10. The molecule has 6 heteroatoms. The minimum absolute atomic E-state index is 0.290. The molecule has 0 bridgehead atoms. The molecule has 1 amide bonds. The zero-order chi connectivity index (χ0) is 12.7. The molecule has 17 heavy (non-hydrogen) atoms. The van der Waals surface area contributed by atoms with Gasteiger partial charge in [0.05, 0.1) is 12.5 Å². The molecule has 0 saturated heterocycles. The highest BCUT2D eigenvalue weighted by molar-refractivity contribution is 14.1. The number of carbonyl (C=O) groups is 1. The molecule has 0 saturated carbocycles. The summed E-state index contributed by atoms with van der Waals surface area (Å²) in [7, 11) is 1.48. The Morgan fingerprint density at radius 3 is 2.88 bits per heavy atom. The van der Waals surface area contributed by atoms with E-state index >= 15 is 0 Å². The number of amides is 1. The number of nitriles is 1. The molecule has 5 nitrogen and oxygen atoms in total. The standard InChI is InChI=1S/C11H11IN2O3/c1-14-11(15)17-9-3-2-8(4-5-13)6-10(9)16-7-12/h2-3,6H,4,7H2,1H3,(H,14,15). The van der Waals surface area contributed by atoms with Crippen molar-refractivity contribution in [2.75, 3.05) is 11.7 Å². The lowest BCUT2D eigenvalue weighted by atomic mass is 10.1. The maximum absolute atomic E-state index is 11.1. The van der Waals surface area contributed by atoms with Crippen LogP contribution in [0, 0.1) is 11.3 Å². The molecule has 1 rings (SSSR count). The van der Waals surface area contributed by atoms with Crippen molar-refractivity contribution < 1.29 is 14.3 Å². The number of nitrogens with zero attached hydrogens (tertiary/aromatic N) is 1. The van der Waals surface area contributed by atoms with Crippen molar-refractivity contribution in [3.05, 3.63) is 23.8 Å². The van der Waals surface area contributed by atoms with Crippen LogP contribution >= 0.6 is 22.6 Å². The molecule has 0 unspecified atom stereocenters. The zero-order valence-corrected chi connectivity index (χ0v) is 11.4. The smallest absolute Gasteiger partial charge is 0.412 e. The second-order valence-electron chi connectivity index (χ2n) is 3.01. The topological polar surface area (TPSA) is 71.3 Å². The van der Waals surface area contributed by atoms with Gasteiger partial charge in [-0.25, -0.2) is 4.79 Å². The summed E-state index contributed by atoms with van der Waals surface area (Å²) < 4.78 is 10.8. The van der Waals surface area contributed by atoms with Crippen LogP contribution in [0.5, 0.6) is 11.5 Å². The van der Waals surface area contributed by atoms with E-state index in [0.717, 1.165) is 5.56 Å². The van der Waals surface area contributed by atoms with Crippen molar-refractivity contribution >= 4 is 28.7 Å². The molecule has 0 radical (unpaired) electrons. The molecule has 0 aliphatic rings. The number of rotatable bonds is 4. The summed E-state index contributed by atoms with van der Waals surface area (Å²) in [4.78, 5) is 11.1. The Morgan fingerprint density at radius 2 is 2.29 bits per heavy atom. The molecule has 0 atom stereocenters. The molecule has 1 aromatic carbocycles. The van der Waals surface area contributed by atoms with E-state index in [1.165, 1.54) is 7.05 Å². The van der Waals surface area contributed by atoms with Crippen LogP contribution in [0.2, 0.25) is 0 Å². The Kier molecular flexibility index (Phi) is 5.56. The van der Waals surface area contributed by atoms with E-state index in [1.54, 1.807) is 18.2 Å². The third kappa shape index (κ3) is 4.11. The molecule has 0 aromatic heterocycles. The summed E-state index contributed by atoms with van der Waals surface area (Å²) in [5.74, 6) is 0.790. The first-order valence-corrected chi connectivity index (χ1v) is 6.32. The van der Waals surface area contributed by atoms with Crippen molar-refractivity contribution in [1.29, 1.82) is 5.26 Å². The Balaban J connectivity index is 2.95. The predicted octanol–water partition coefficient (Wildman–Crippen LogP) is 2.24. The Morgan fingerprint density at radius 1 is 1.53 bits per heavy atom. The summed E-state index contributed by atoms with van der Waals surface area (Å²) in [5.41, 5.74) is 0.816. The van der Waals surface area contributed by atoms with E-state index in [2.05, 4.69) is 5.32 Å². The van der Waals surface area contributed by atoms with Gasteiger partial charge in [-0.1, -0.05) is 6.07 Å². The van der Waals surface area contributed by atoms with Gasteiger partial charge in [0, 0.05) is 7.05 Å². The first-order valence-electron chi connectivity index (χ1n) is 4.79. The van der Waals surface area contributed by atoms with Crippen LogP contribution in [0.4, 0.5) is 4.79 Å². The fourth-order valence-corrected chi connectivity index (χ4v) is 1.50. The number of carbonyl (C=O) groups excluding carboxylic acids is 1. The van der Waals surface area contributed by atoms with E-state index in [9.17, 15) is 4.79 Å². The second-order valence-corrected chi connectivity index (χ2v) is 3.63. The molecule has 0 aliphatic carbocycles. The van der Waals surface area contributed by atoms with E-state index in [-0.39, 0.29) is 6.42 Å². The summed E-state index contributed by atoms with van der Waals surface area (Å²) >= 11 is 2.04. The molecular formula is C11H11IN2O3. The van der Waals surface area contributed by atoms with Crippen LogP contribution in [0.3, 0.4) is 0 Å². The highest BCUT2D eigenvalue weighted by atomic mass is 127. The highest BCUT2D eigenvalue weighted by Gasteiger charge is 2.10. The van der Waals surface area contributed by atoms with Gasteiger partial charge in [0.1, 0.15) is 4.61 Å². The van der Waals surface area contributed by atoms with Gasteiger partial charge in [-0.2, -0.15) is 5.26 Å². The van der Waals surface area contributed by atoms with Crippen molar-refractivity contribution in [2.24, 2.45) is 0 Å². The normalized spacial score (nSPS) is 9.24. The molecular weight excluding hydrogens is 335 g/mol. The van der Waals surface area contributed by atoms with Crippen molar-refractivity contribution in [2.45, 2.75) is 6.42 Å². The van der Waals surface area contributed by atoms with E-state index < -0.39 is 6.09 Å². The van der Waals surface area contributed by atoms with Gasteiger partial charge in [0.25, 0.3) is 0 Å². The quantitative estimate of drug-likeness (QED) is 0.671. The largest absolute Gasteiger partial charge is 0.479 e. The molecule has 0 heterocycles. The first kappa shape index (κ1) is 13.6. The Hall–Kier alpha value is -1.49. The number of halogens is 1. The highest BCUT2D eigenvalue weighted by Crippen LogP contribution is 2.29. The van der Waals surface area contributed by atoms with Crippen LogP contribution in [0.15, 0.2) is 18.2 Å². The van der Waals surface area contributed by atoms with Crippen LogP contribution < -0.4 is 14.8 Å². The zero-order valence-electron chi connectivity index (χ0n) is 9.20. The van der Waals surface area contributed by atoms with Gasteiger partial charge in [0.15, 0.2) is 11.5 Å². The predicted molar refractivity (Wildman–Crippen MR) is 70.4 cm³/mol. The molecule has 90 valence electrons. The number of benzene rings is 1. The van der Waals surface area contributed by atoms with E-state index in [1.807, 2.05) is 28.7 Å². The molecule has 1 N–H and O–H groups in total. The number of hydrogen-bond donors (Lipinski definition) is 1. The summed E-state index contributed by atoms with van der Waals surface area (Å²) in [5, 5.41) is 11.0. The molecule has 0 aliphatic heterocycles. The number of nitrogens with one attached hydrogen (secondary N) is 1. The SMILES string of the molecule is CNC(=O)Oc1ccc(CC#N)cc1OCI. The lowest BCUT2D eigenvalue weighted by Crippen LogP contribution is -2.22. The third-order valence-electron chi connectivity index (χ3n) is 1.91. The molecule has 1 aromatic rings. The van der Waals surface area contributed by atoms with Crippen molar-refractivity contribution in [1.82, 2.24) is 5.32 Å². The lowest BCUT2D eigenvalue weighted by molar-refractivity contribution is 0.200. The molecule has 0 fully saturated rings.